The Bertz CT molecular complexity index is 1060. The Kier molecular flexibility index (Phi) is 5.99. The van der Waals surface area contributed by atoms with Gasteiger partial charge in [0, 0.05) is 36.2 Å². The number of fused-ring (bicyclic) bond motifs is 1. The zero-order chi connectivity index (χ0) is 21.0. The van der Waals surface area contributed by atoms with E-state index in [1.165, 1.54) is 24.0 Å². The van der Waals surface area contributed by atoms with E-state index in [4.69, 9.17) is 4.42 Å². The molecule has 2 aliphatic rings. The number of Topliss-reactive ketones (excluding diaryl/α,β-unsaturated/α-hetero) is 1. The highest BCUT2D eigenvalue weighted by Crippen LogP contribution is 2.33. The van der Waals surface area contributed by atoms with Gasteiger partial charge < -0.3 is 4.42 Å². The Hall–Kier alpha value is -2.72. The Labute approximate surface area is 184 Å². The summed E-state index contributed by atoms with van der Waals surface area (Å²) >= 11 is 0. The Morgan fingerprint density at radius 2 is 2.03 bits per heavy atom. The molecule has 160 valence electrons. The van der Waals surface area contributed by atoms with E-state index in [9.17, 15) is 4.79 Å². The molecule has 0 radical (unpaired) electrons. The second-order valence-electron chi connectivity index (χ2n) is 8.90. The molecule has 4 heteroatoms. The number of benzene rings is 1. The molecule has 1 aliphatic carbocycles. The zero-order valence-corrected chi connectivity index (χ0v) is 18.0. The Morgan fingerprint density at radius 1 is 1.13 bits per heavy atom. The summed E-state index contributed by atoms with van der Waals surface area (Å²) in [6, 6.07) is 14.3. The number of para-hydroxylation sites is 1. The zero-order valence-electron chi connectivity index (χ0n) is 18.0. The molecule has 31 heavy (non-hydrogen) atoms. The van der Waals surface area contributed by atoms with E-state index in [1.54, 1.807) is 6.26 Å². The van der Waals surface area contributed by atoms with Crippen LogP contribution in [-0.2, 0) is 4.79 Å². The number of furan rings is 1. The molecular formula is C27H30N2O2. The lowest BCUT2D eigenvalue weighted by molar-refractivity contribution is -0.124. The number of nitrogens with zero attached hydrogens (tertiary/aromatic N) is 2. The van der Waals surface area contributed by atoms with Gasteiger partial charge in [0.25, 0.3) is 0 Å². The molecule has 0 N–H and O–H groups in total. The fourth-order valence-corrected chi connectivity index (χ4v) is 5.23. The van der Waals surface area contributed by atoms with Gasteiger partial charge in [-0.1, -0.05) is 43.2 Å². The molecule has 0 spiro atoms. The van der Waals surface area contributed by atoms with Gasteiger partial charge in [0.1, 0.15) is 11.4 Å². The number of carbonyl (C=O) groups is 1. The normalized spacial score (nSPS) is 18.9. The highest BCUT2D eigenvalue weighted by Gasteiger charge is 2.31. The molecular weight excluding hydrogens is 384 g/mol. The molecule has 0 bridgehead atoms. The van der Waals surface area contributed by atoms with Crippen molar-refractivity contribution in [2.45, 2.75) is 44.4 Å². The summed E-state index contributed by atoms with van der Waals surface area (Å²) in [4.78, 5) is 20.3. The summed E-state index contributed by atoms with van der Waals surface area (Å²) in [5, 5.41) is 1.16. The fourth-order valence-electron chi connectivity index (χ4n) is 5.23. The van der Waals surface area contributed by atoms with Crippen LogP contribution in [0.2, 0.25) is 0 Å². The van der Waals surface area contributed by atoms with Crippen LogP contribution in [0.15, 0.2) is 65.4 Å². The summed E-state index contributed by atoms with van der Waals surface area (Å²) in [5.74, 6) is 0.564. The lowest BCUT2D eigenvalue weighted by Crippen LogP contribution is -2.32. The first-order chi connectivity index (χ1) is 15.3. The molecule has 3 heterocycles. The number of carbonyl (C=O) groups excluding carboxylic acids is 1. The average molecular weight is 415 g/mol. The van der Waals surface area contributed by atoms with E-state index in [-0.39, 0.29) is 11.8 Å². The van der Waals surface area contributed by atoms with Crippen LogP contribution in [-0.4, -0.2) is 35.3 Å². The highest BCUT2D eigenvalue weighted by molar-refractivity contribution is 5.90. The largest absolute Gasteiger partial charge is 0.464 e. The van der Waals surface area contributed by atoms with Crippen LogP contribution in [0.4, 0.5) is 0 Å². The minimum absolute atomic E-state index is 0.0773. The van der Waals surface area contributed by atoms with Crippen molar-refractivity contribution in [3.8, 4) is 0 Å². The van der Waals surface area contributed by atoms with Crippen molar-refractivity contribution in [1.82, 2.24) is 9.88 Å². The number of aromatic nitrogens is 1. The molecule has 1 aliphatic heterocycles. The Morgan fingerprint density at radius 3 is 2.81 bits per heavy atom. The third kappa shape index (κ3) is 4.35. The molecule has 1 saturated carbocycles. The lowest BCUT2D eigenvalue weighted by Gasteiger charge is -2.28. The van der Waals surface area contributed by atoms with Crippen LogP contribution in [0.1, 0.15) is 55.7 Å². The van der Waals surface area contributed by atoms with Gasteiger partial charge in [-0.2, -0.15) is 0 Å². The van der Waals surface area contributed by atoms with Crippen LogP contribution in [0, 0.1) is 5.92 Å². The van der Waals surface area contributed by atoms with Crippen molar-refractivity contribution >= 4 is 22.3 Å². The van der Waals surface area contributed by atoms with E-state index in [0.29, 0.717) is 5.78 Å². The molecule has 1 aromatic carbocycles. The molecule has 1 atom stereocenters. The summed E-state index contributed by atoms with van der Waals surface area (Å²) in [7, 11) is 0. The van der Waals surface area contributed by atoms with Gasteiger partial charge in [0.2, 0.25) is 0 Å². The van der Waals surface area contributed by atoms with Crippen molar-refractivity contribution in [2.24, 2.45) is 5.92 Å². The summed E-state index contributed by atoms with van der Waals surface area (Å²) in [6.45, 7) is 2.85. The van der Waals surface area contributed by atoms with E-state index in [2.05, 4.69) is 34.2 Å². The second kappa shape index (κ2) is 9.19. The van der Waals surface area contributed by atoms with Crippen molar-refractivity contribution in [3.05, 3.63) is 72.3 Å². The van der Waals surface area contributed by atoms with Gasteiger partial charge in [-0.25, -0.2) is 0 Å². The first kappa shape index (κ1) is 20.2. The number of hydrogen-bond donors (Lipinski definition) is 0. The first-order valence-electron chi connectivity index (χ1n) is 11.6. The summed E-state index contributed by atoms with van der Waals surface area (Å²) in [6.07, 6.45) is 12.2. The van der Waals surface area contributed by atoms with Gasteiger partial charge in [-0.3, -0.25) is 14.7 Å². The number of ketones is 1. The quantitative estimate of drug-likeness (QED) is 0.486. The van der Waals surface area contributed by atoms with Crippen LogP contribution in [0.25, 0.3) is 16.5 Å². The SMILES string of the molecule is O=C(C1CCCC1)C(CCN1CC=C(c2cccc3ccoc23)CC1)c1ccccn1. The van der Waals surface area contributed by atoms with Gasteiger partial charge in [-0.05, 0) is 56.0 Å². The minimum Gasteiger partial charge on any atom is -0.464 e. The van der Waals surface area contributed by atoms with Crippen LogP contribution >= 0.6 is 0 Å². The smallest absolute Gasteiger partial charge is 0.145 e. The van der Waals surface area contributed by atoms with Crippen LogP contribution in [0.5, 0.6) is 0 Å². The molecule has 1 unspecified atom stereocenters. The van der Waals surface area contributed by atoms with Crippen LogP contribution < -0.4 is 0 Å². The predicted octanol–water partition coefficient (Wildman–Crippen LogP) is 5.85. The lowest BCUT2D eigenvalue weighted by atomic mass is 9.86. The second-order valence-corrected chi connectivity index (χ2v) is 8.90. The van der Waals surface area contributed by atoms with Crippen molar-refractivity contribution < 1.29 is 9.21 Å². The molecule has 4 nitrogen and oxygen atoms in total. The van der Waals surface area contributed by atoms with E-state index >= 15 is 0 Å². The molecule has 0 saturated heterocycles. The van der Waals surface area contributed by atoms with E-state index in [1.807, 2.05) is 30.5 Å². The summed E-state index contributed by atoms with van der Waals surface area (Å²) in [5.41, 5.74) is 4.50. The standard InChI is InChI=1S/C27H30N2O2/c30-26(21-6-1-2-7-21)24(25-10-3-4-15-28-25)13-18-29-16-11-20(12-17-29)23-9-5-8-22-14-19-31-27(22)23/h3-5,8-11,14-15,19,21,24H,1-2,6-7,12-13,16-18H2. The Balaban J connectivity index is 1.26. The highest BCUT2D eigenvalue weighted by atomic mass is 16.3. The van der Waals surface area contributed by atoms with Crippen molar-refractivity contribution in [3.63, 3.8) is 0 Å². The third-order valence-electron chi connectivity index (χ3n) is 7.00. The number of rotatable bonds is 7. The third-order valence-corrected chi connectivity index (χ3v) is 7.00. The van der Waals surface area contributed by atoms with Gasteiger partial charge in [-0.15, -0.1) is 0 Å². The number of hydrogen-bond acceptors (Lipinski definition) is 4. The number of pyridine rings is 1. The topological polar surface area (TPSA) is 46.3 Å². The fraction of sp³-hybridized carbons (Fsp3) is 0.407. The van der Waals surface area contributed by atoms with E-state index in [0.717, 1.165) is 62.0 Å². The maximum absolute atomic E-state index is 13.3. The monoisotopic (exact) mass is 414 g/mol. The molecule has 1 fully saturated rings. The maximum Gasteiger partial charge on any atom is 0.145 e. The molecule has 2 aromatic heterocycles. The maximum atomic E-state index is 13.3. The van der Waals surface area contributed by atoms with E-state index < -0.39 is 0 Å². The average Bonchev–Trinajstić information content (AvgIpc) is 3.52. The van der Waals surface area contributed by atoms with Gasteiger partial charge in [0.05, 0.1) is 17.9 Å². The van der Waals surface area contributed by atoms with Gasteiger partial charge in [0.15, 0.2) is 0 Å². The molecule has 5 rings (SSSR count). The van der Waals surface area contributed by atoms with Crippen molar-refractivity contribution in [1.29, 1.82) is 0 Å². The van der Waals surface area contributed by atoms with Gasteiger partial charge >= 0.3 is 0 Å². The minimum atomic E-state index is -0.0773. The predicted molar refractivity (Wildman–Crippen MR) is 124 cm³/mol. The molecule has 0 amide bonds. The van der Waals surface area contributed by atoms with Crippen molar-refractivity contribution in [2.75, 3.05) is 19.6 Å². The summed E-state index contributed by atoms with van der Waals surface area (Å²) < 4.78 is 5.73. The first-order valence-corrected chi connectivity index (χ1v) is 11.6. The van der Waals surface area contributed by atoms with Crippen LogP contribution in [0.3, 0.4) is 0 Å². The molecule has 3 aromatic rings.